The minimum atomic E-state index is 0.707. The van der Waals surface area contributed by atoms with E-state index < -0.39 is 0 Å². The van der Waals surface area contributed by atoms with Crippen molar-refractivity contribution in [3.8, 4) is 0 Å². The van der Waals surface area contributed by atoms with Crippen molar-refractivity contribution in [2.75, 3.05) is 0 Å². The molecule has 0 amide bonds. The van der Waals surface area contributed by atoms with E-state index in [0.717, 1.165) is 5.92 Å². The predicted octanol–water partition coefficient (Wildman–Crippen LogP) is 5.53. The zero-order chi connectivity index (χ0) is 12.2. The third kappa shape index (κ3) is 9.76. The molecular formula is C16H28. The van der Waals surface area contributed by atoms with Gasteiger partial charge < -0.3 is 0 Å². The Bertz CT molecular complexity index is 218. The van der Waals surface area contributed by atoms with Crippen molar-refractivity contribution in [2.45, 2.75) is 53.4 Å². The first-order chi connectivity index (χ1) is 7.68. The Morgan fingerprint density at radius 3 is 1.75 bits per heavy atom. The van der Waals surface area contributed by atoms with E-state index in [1.165, 1.54) is 25.7 Å². The molecule has 0 N–H and O–H groups in total. The van der Waals surface area contributed by atoms with Crippen molar-refractivity contribution in [3.63, 3.8) is 0 Å². The lowest BCUT2D eigenvalue weighted by atomic mass is 9.97. The quantitative estimate of drug-likeness (QED) is 0.373. The lowest BCUT2D eigenvalue weighted by molar-refractivity contribution is 0.503. The average molecular weight is 220 g/mol. The lowest BCUT2D eigenvalue weighted by Crippen LogP contribution is -1.98. The molecule has 0 saturated carbocycles. The van der Waals surface area contributed by atoms with Gasteiger partial charge in [-0.25, -0.2) is 0 Å². The van der Waals surface area contributed by atoms with Crippen LogP contribution in [-0.2, 0) is 0 Å². The van der Waals surface area contributed by atoms with Gasteiger partial charge in [-0.05, 0) is 44.4 Å². The van der Waals surface area contributed by atoms with Gasteiger partial charge in [-0.1, -0.05) is 57.2 Å². The molecule has 1 atom stereocenters. The number of rotatable bonds is 8. The van der Waals surface area contributed by atoms with E-state index in [4.69, 9.17) is 0 Å². The summed E-state index contributed by atoms with van der Waals surface area (Å²) in [5, 5.41) is 0. The summed E-state index contributed by atoms with van der Waals surface area (Å²) in [5.74, 6) is 1.46. The molecule has 1 unspecified atom stereocenters. The van der Waals surface area contributed by atoms with Crippen molar-refractivity contribution in [1.82, 2.24) is 0 Å². The maximum Gasteiger partial charge on any atom is -0.0239 e. The van der Waals surface area contributed by atoms with Gasteiger partial charge in [0.2, 0.25) is 0 Å². The SMILES string of the molecule is CC=CCCC=CCCC=CC(C)C(C)C. The third-order valence-corrected chi connectivity index (χ3v) is 2.89. The van der Waals surface area contributed by atoms with Crippen LogP contribution in [-0.4, -0.2) is 0 Å². The first kappa shape index (κ1) is 15.2. The topological polar surface area (TPSA) is 0 Å². The molecular weight excluding hydrogens is 192 g/mol. The van der Waals surface area contributed by atoms with Gasteiger partial charge in [-0.2, -0.15) is 0 Å². The summed E-state index contributed by atoms with van der Waals surface area (Å²) in [6.45, 7) is 8.91. The van der Waals surface area contributed by atoms with Crippen molar-refractivity contribution >= 4 is 0 Å². The first-order valence-electron chi connectivity index (χ1n) is 6.61. The molecule has 0 saturated heterocycles. The van der Waals surface area contributed by atoms with Crippen LogP contribution < -0.4 is 0 Å². The summed E-state index contributed by atoms with van der Waals surface area (Å²) in [7, 11) is 0. The number of hydrogen-bond donors (Lipinski definition) is 0. The van der Waals surface area contributed by atoms with Crippen molar-refractivity contribution in [2.24, 2.45) is 11.8 Å². The van der Waals surface area contributed by atoms with Crippen molar-refractivity contribution in [1.29, 1.82) is 0 Å². The normalized spacial score (nSPS) is 14.8. The van der Waals surface area contributed by atoms with E-state index in [-0.39, 0.29) is 0 Å². The zero-order valence-electron chi connectivity index (χ0n) is 11.4. The molecule has 0 aliphatic heterocycles. The summed E-state index contributed by atoms with van der Waals surface area (Å²) in [4.78, 5) is 0. The van der Waals surface area contributed by atoms with Crippen molar-refractivity contribution < 1.29 is 0 Å². The fourth-order valence-corrected chi connectivity index (χ4v) is 1.32. The van der Waals surface area contributed by atoms with Gasteiger partial charge in [0.15, 0.2) is 0 Å². The Balaban J connectivity index is 3.45. The minimum absolute atomic E-state index is 0.707. The molecule has 0 heteroatoms. The van der Waals surface area contributed by atoms with Gasteiger partial charge in [-0.15, -0.1) is 0 Å². The number of unbranched alkanes of at least 4 members (excludes halogenated alkanes) is 2. The molecule has 92 valence electrons. The second-order valence-electron chi connectivity index (χ2n) is 4.73. The molecule has 0 aromatic heterocycles. The fourth-order valence-electron chi connectivity index (χ4n) is 1.32. The van der Waals surface area contributed by atoms with Gasteiger partial charge in [0, 0.05) is 0 Å². The monoisotopic (exact) mass is 220 g/mol. The molecule has 0 aliphatic carbocycles. The van der Waals surface area contributed by atoms with Crippen LogP contribution in [0, 0.1) is 11.8 Å². The summed E-state index contributed by atoms with van der Waals surface area (Å²) in [6.07, 6.45) is 18.3. The highest BCUT2D eigenvalue weighted by molar-refractivity contribution is 4.92. The number of hydrogen-bond acceptors (Lipinski definition) is 0. The fraction of sp³-hybridized carbons (Fsp3) is 0.625. The third-order valence-electron chi connectivity index (χ3n) is 2.89. The smallest absolute Gasteiger partial charge is 0.0239 e. The van der Waals surface area contributed by atoms with Crippen molar-refractivity contribution in [3.05, 3.63) is 36.5 Å². The molecule has 0 rings (SSSR count). The second kappa shape index (κ2) is 10.7. The Morgan fingerprint density at radius 2 is 1.25 bits per heavy atom. The van der Waals surface area contributed by atoms with Crippen LogP contribution in [0.5, 0.6) is 0 Å². The van der Waals surface area contributed by atoms with Gasteiger partial charge in [-0.3, -0.25) is 0 Å². The first-order valence-corrected chi connectivity index (χ1v) is 6.61. The van der Waals surface area contributed by atoms with Gasteiger partial charge in [0.05, 0.1) is 0 Å². The highest BCUT2D eigenvalue weighted by Gasteiger charge is 2.00. The van der Waals surface area contributed by atoms with Crippen LogP contribution in [0.25, 0.3) is 0 Å². The molecule has 0 heterocycles. The minimum Gasteiger partial charge on any atom is -0.0917 e. The maximum absolute atomic E-state index is 2.35. The summed E-state index contributed by atoms with van der Waals surface area (Å²) >= 11 is 0. The standard InChI is InChI=1S/C16H28/c1-5-6-7-8-9-10-11-12-13-14-16(4)15(2)3/h5-6,9-10,13-16H,7-8,11-12H2,1-4H3. The van der Waals surface area contributed by atoms with Crippen LogP contribution in [0.3, 0.4) is 0 Å². The van der Waals surface area contributed by atoms with E-state index in [1.54, 1.807) is 0 Å². The molecule has 0 nitrogen and oxygen atoms in total. The average Bonchev–Trinajstić information content (AvgIpc) is 2.26. The summed E-state index contributed by atoms with van der Waals surface area (Å²) in [6, 6.07) is 0. The van der Waals surface area contributed by atoms with E-state index in [2.05, 4.69) is 64.2 Å². The molecule has 0 aromatic rings. The Hall–Kier alpha value is -0.780. The number of allylic oxidation sites excluding steroid dienone is 6. The van der Waals surface area contributed by atoms with Gasteiger partial charge in [0.1, 0.15) is 0 Å². The molecule has 0 aromatic carbocycles. The second-order valence-corrected chi connectivity index (χ2v) is 4.73. The molecule has 16 heavy (non-hydrogen) atoms. The molecule has 0 fully saturated rings. The van der Waals surface area contributed by atoms with E-state index in [0.29, 0.717) is 5.92 Å². The van der Waals surface area contributed by atoms with Crippen LogP contribution in [0.1, 0.15) is 53.4 Å². The zero-order valence-corrected chi connectivity index (χ0v) is 11.4. The van der Waals surface area contributed by atoms with Gasteiger partial charge >= 0.3 is 0 Å². The highest BCUT2D eigenvalue weighted by atomic mass is 14.1. The van der Waals surface area contributed by atoms with Crippen LogP contribution >= 0.6 is 0 Å². The van der Waals surface area contributed by atoms with E-state index in [9.17, 15) is 0 Å². The Labute approximate surface area is 102 Å². The summed E-state index contributed by atoms with van der Waals surface area (Å²) < 4.78 is 0. The molecule has 0 spiro atoms. The lowest BCUT2D eigenvalue weighted by Gasteiger charge is -2.09. The van der Waals surface area contributed by atoms with E-state index in [1.807, 2.05) is 0 Å². The summed E-state index contributed by atoms with van der Waals surface area (Å²) in [5.41, 5.74) is 0. The predicted molar refractivity (Wildman–Crippen MR) is 75.6 cm³/mol. The van der Waals surface area contributed by atoms with Crippen LogP contribution in [0.4, 0.5) is 0 Å². The Morgan fingerprint density at radius 1 is 0.750 bits per heavy atom. The largest absolute Gasteiger partial charge is 0.0917 e. The van der Waals surface area contributed by atoms with Crippen LogP contribution in [0.15, 0.2) is 36.5 Å². The maximum atomic E-state index is 2.35. The van der Waals surface area contributed by atoms with Crippen LogP contribution in [0.2, 0.25) is 0 Å². The highest BCUT2D eigenvalue weighted by Crippen LogP contribution is 2.11. The Kier molecular flexibility index (Phi) is 10.2. The van der Waals surface area contributed by atoms with E-state index >= 15 is 0 Å². The van der Waals surface area contributed by atoms with Gasteiger partial charge in [0.25, 0.3) is 0 Å². The molecule has 0 bridgehead atoms. The molecule has 0 aliphatic rings. The molecule has 0 radical (unpaired) electrons.